The maximum absolute atomic E-state index is 13.1. The third-order valence-corrected chi connectivity index (χ3v) is 6.55. The Hall–Kier alpha value is -2.94. The highest BCUT2D eigenvalue weighted by atomic mass is 16.5. The lowest BCUT2D eigenvalue weighted by molar-refractivity contribution is -0.155. The quantitative estimate of drug-likeness (QED) is 0.328. The van der Waals surface area contributed by atoms with Crippen molar-refractivity contribution in [2.24, 2.45) is 11.3 Å². The molecule has 2 unspecified atom stereocenters. The van der Waals surface area contributed by atoms with E-state index in [0.29, 0.717) is 18.6 Å². The maximum atomic E-state index is 13.1. The van der Waals surface area contributed by atoms with E-state index in [1.165, 1.54) is 5.57 Å². The van der Waals surface area contributed by atoms with E-state index in [9.17, 15) is 9.59 Å². The van der Waals surface area contributed by atoms with Crippen molar-refractivity contribution >= 4 is 33.3 Å². The van der Waals surface area contributed by atoms with Gasteiger partial charge in [-0.25, -0.2) is 0 Å². The minimum atomic E-state index is -0.714. The van der Waals surface area contributed by atoms with Crippen LogP contribution in [0.5, 0.6) is 0 Å². The van der Waals surface area contributed by atoms with E-state index < -0.39 is 5.41 Å². The Morgan fingerprint density at radius 1 is 1.03 bits per heavy atom. The number of carbonyl (C=O) groups excluding carboxylic acids is 2. The van der Waals surface area contributed by atoms with Crippen LogP contribution in [0.25, 0.3) is 21.5 Å². The van der Waals surface area contributed by atoms with Crippen molar-refractivity contribution in [2.45, 2.75) is 39.2 Å². The van der Waals surface area contributed by atoms with Crippen molar-refractivity contribution in [2.75, 3.05) is 0 Å². The van der Waals surface area contributed by atoms with E-state index >= 15 is 0 Å². The number of ether oxygens (including phenoxy) is 1. The zero-order chi connectivity index (χ0) is 20.0. The molecule has 2 aliphatic rings. The Bertz CT molecular complexity index is 1120. The molecular weight excluding hydrogens is 360 g/mol. The molecule has 0 N–H and O–H groups in total. The molecule has 0 aromatic heterocycles. The molecule has 0 heterocycles. The lowest BCUT2D eigenvalue weighted by Gasteiger charge is -2.37. The predicted octanol–water partition coefficient (Wildman–Crippen LogP) is 5.74. The van der Waals surface area contributed by atoms with Crippen LogP contribution < -0.4 is 0 Å². The summed E-state index contributed by atoms with van der Waals surface area (Å²) in [4.78, 5) is 25.3. The predicted molar refractivity (Wildman–Crippen MR) is 114 cm³/mol. The van der Waals surface area contributed by atoms with Gasteiger partial charge in [-0.05, 0) is 53.8 Å². The summed E-state index contributed by atoms with van der Waals surface area (Å²) in [6, 6.07) is 18.6. The van der Waals surface area contributed by atoms with Gasteiger partial charge in [-0.2, -0.15) is 0 Å². The second-order valence-electron chi connectivity index (χ2n) is 8.67. The Morgan fingerprint density at radius 3 is 2.38 bits per heavy atom. The van der Waals surface area contributed by atoms with E-state index in [1.54, 1.807) is 0 Å². The molecule has 0 saturated heterocycles. The number of allylic oxidation sites excluding steroid dienone is 1. The summed E-state index contributed by atoms with van der Waals surface area (Å²) >= 11 is 0. The molecule has 0 radical (unpaired) electrons. The van der Waals surface area contributed by atoms with E-state index in [-0.39, 0.29) is 18.5 Å². The van der Waals surface area contributed by atoms with Crippen LogP contribution in [-0.2, 0) is 20.9 Å². The molecule has 2 aliphatic carbocycles. The van der Waals surface area contributed by atoms with Crippen molar-refractivity contribution in [1.29, 1.82) is 0 Å². The highest BCUT2D eigenvalue weighted by molar-refractivity contribution is 6.02. The highest BCUT2D eigenvalue weighted by Crippen LogP contribution is 2.43. The Kier molecular flexibility index (Phi) is 4.27. The zero-order valence-electron chi connectivity index (χ0n) is 16.6. The minimum absolute atomic E-state index is 0.0281. The fourth-order valence-corrected chi connectivity index (χ4v) is 5.07. The second-order valence-corrected chi connectivity index (χ2v) is 8.67. The van der Waals surface area contributed by atoms with Gasteiger partial charge in [0.1, 0.15) is 12.4 Å². The summed E-state index contributed by atoms with van der Waals surface area (Å²) in [7, 11) is 0. The van der Waals surface area contributed by atoms with Gasteiger partial charge in [0.05, 0.1) is 5.41 Å². The number of esters is 1. The van der Waals surface area contributed by atoms with E-state index in [1.807, 2.05) is 31.2 Å². The molecule has 0 aliphatic heterocycles. The SMILES string of the molecule is CC1(C(=O)OCc2c3ccccc3cc3ccccc23)C=C2CCC(=O)C(C2)C1. The molecule has 3 aromatic rings. The Morgan fingerprint density at radius 2 is 1.69 bits per heavy atom. The van der Waals surface area contributed by atoms with Crippen molar-refractivity contribution in [3.8, 4) is 0 Å². The van der Waals surface area contributed by atoms with E-state index in [2.05, 4.69) is 36.4 Å². The largest absolute Gasteiger partial charge is 0.460 e. The Labute approximate surface area is 170 Å². The zero-order valence-corrected chi connectivity index (χ0v) is 16.6. The van der Waals surface area contributed by atoms with Crippen LogP contribution in [0.15, 0.2) is 66.2 Å². The maximum Gasteiger partial charge on any atom is 0.316 e. The smallest absolute Gasteiger partial charge is 0.316 e. The molecule has 2 bridgehead atoms. The number of Topliss-reactive ketones (excluding diaryl/α,β-unsaturated/α-hetero) is 1. The van der Waals surface area contributed by atoms with Gasteiger partial charge in [-0.1, -0.05) is 60.2 Å². The summed E-state index contributed by atoms with van der Waals surface area (Å²) in [5.41, 5.74) is 1.56. The molecule has 3 heteroatoms. The summed E-state index contributed by atoms with van der Waals surface area (Å²) in [6.45, 7) is 2.15. The standard InChI is InChI=1S/C26H24O3/c1-26(14-17-10-11-24(27)20(12-17)15-26)25(28)29-16-23-21-8-4-2-6-18(21)13-19-7-3-5-9-22(19)23/h2-9,13-14,20H,10-12,15-16H2,1H3. The molecule has 0 amide bonds. The lowest BCUT2D eigenvalue weighted by Crippen LogP contribution is -2.38. The summed E-state index contributed by atoms with van der Waals surface area (Å²) < 4.78 is 5.89. The van der Waals surface area contributed by atoms with Crippen LogP contribution >= 0.6 is 0 Å². The Balaban J connectivity index is 1.47. The molecule has 5 rings (SSSR count). The van der Waals surface area contributed by atoms with E-state index in [4.69, 9.17) is 4.74 Å². The second kappa shape index (κ2) is 6.84. The topological polar surface area (TPSA) is 43.4 Å². The van der Waals surface area contributed by atoms with Crippen LogP contribution in [0.2, 0.25) is 0 Å². The summed E-state index contributed by atoms with van der Waals surface area (Å²) in [5, 5.41) is 4.50. The number of benzene rings is 3. The molecule has 0 spiro atoms. The van der Waals surface area contributed by atoms with Crippen LogP contribution in [-0.4, -0.2) is 11.8 Å². The molecular formula is C26H24O3. The summed E-state index contributed by atoms with van der Waals surface area (Å²) in [6.07, 6.45) is 4.84. The fourth-order valence-electron chi connectivity index (χ4n) is 5.07. The monoisotopic (exact) mass is 384 g/mol. The van der Waals surface area contributed by atoms with E-state index in [0.717, 1.165) is 39.9 Å². The number of fused-ring (bicyclic) bond motifs is 4. The first-order chi connectivity index (χ1) is 14.0. The number of rotatable bonds is 3. The first kappa shape index (κ1) is 18.1. The molecule has 2 atom stereocenters. The number of hydrogen-bond donors (Lipinski definition) is 0. The first-order valence-corrected chi connectivity index (χ1v) is 10.3. The molecule has 146 valence electrons. The van der Waals surface area contributed by atoms with Crippen molar-refractivity contribution in [3.05, 3.63) is 71.8 Å². The molecule has 29 heavy (non-hydrogen) atoms. The third-order valence-electron chi connectivity index (χ3n) is 6.55. The van der Waals surface area contributed by atoms with Gasteiger partial charge >= 0.3 is 5.97 Å². The van der Waals surface area contributed by atoms with Crippen molar-refractivity contribution < 1.29 is 14.3 Å². The van der Waals surface area contributed by atoms with Crippen LogP contribution in [0, 0.1) is 11.3 Å². The molecule has 3 aromatic carbocycles. The normalized spacial score (nSPS) is 23.8. The van der Waals surface area contributed by atoms with Crippen LogP contribution in [0.3, 0.4) is 0 Å². The minimum Gasteiger partial charge on any atom is -0.460 e. The summed E-state index contributed by atoms with van der Waals surface area (Å²) in [5.74, 6) is 0.0343. The van der Waals surface area contributed by atoms with Crippen molar-refractivity contribution in [3.63, 3.8) is 0 Å². The third kappa shape index (κ3) is 3.15. The number of ketones is 1. The number of hydrogen-bond acceptors (Lipinski definition) is 3. The van der Waals surface area contributed by atoms with Gasteiger partial charge in [0, 0.05) is 17.9 Å². The molecule has 1 fully saturated rings. The van der Waals surface area contributed by atoms with Crippen LogP contribution in [0.1, 0.15) is 38.2 Å². The van der Waals surface area contributed by atoms with Gasteiger partial charge in [0.25, 0.3) is 0 Å². The lowest BCUT2D eigenvalue weighted by atomic mass is 9.67. The first-order valence-electron chi connectivity index (χ1n) is 10.3. The molecule has 3 nitrogen and oxygen atoms in total. The van der Waals surface area contributed by atoms with Gasteiger partial charge < -0.3 is 4.74 Å². The average Bonchev–Trinajstić information content (AvgIpc) is 2.73. The van der Waals surface area contributed by atoms with Crippen LogP contribution in [0.4, 0.5) is 0 Å². The highest BCUT2D eigenvalue weighted by Gasteiger charge is 2.43. The van der Waals surface area contributed by atoms with Gasteiger partial charge in [-0.15, -0.1) is 0 Å². The van der Waals surface area contributed by atoms with Gasteiger partial charge in [-0.3, -0.25) is 9.59 Å². The molecule has 1 saturated carbocycles. The average molecular weight is 384 g/mol. The van der Waals surface area contributed by atoms with Gasteiger partial charge in [0.2, 0.25) is 0 Å². The number of carbonyl (C=O) groups is 2. The van der Waals surface area contributed by atoms with Crippen molar-refractivity contribution in [1.82, 2.24) is 0 Å². The fraction of sp³-hybridized carbons (Fsp3) is 0.308. The van der Waals surface area contributed by atoms with Gasteiger partial charge in [0.15, 0.2) is 0 Å².